The first-order valence-electron chi connectivity index (χ1n) is 13.0. The summed E-state index contributed by atoms with van der Waals surface area (Å²) in [7, 11) is 0. The predicted molar refractivity (Wildman–Crippen MR) is 140 cm³/mol. The second-order valence-corrected chi connectivity index (χ2v) is 9.34. The number of piperidine rings is 1. The van der Waals surface area contributed by atoms with Crippen LogP contribution in [0.4, 0.5) is 0 Å². The van der Waals surface area contributed by atoms with E-state index in [1.807, 2.05) is 43.6 Å². The van der Waals surface area contributed by atoms with E-state index in [1.165, 1.54) is 0 Å². The number of amides is 1. The molecule has 0 spiro atoms. The van der Waals surface area contributed by atoms with Gasteiger partial charge in [0.25, 0.3) is 5.91 Å². The van der Waals surface area contributed by atoms with Crippen molar-refractivity contribution in [3.63, 3.8) is 0 Å². The van der Waals surface area contributed by atoms with Crippen LogP contribution in [-0.4, -0.2) is 67.4 Å². The lowest BCUT2D eigenvalue weighted by molar-refractivity contribution is -0.114. The van der Waals surface area contributed by atoms with E-state index in [0.29, 0.717) is 32.1 Å². The smallest absolute Gasteiger partial charge is 0.251 e. The lowest BCUT2D eigenvalue weighted by Crippen LogP contribution is -2.38. The van der Waals surface area contributed by atoms with E-state index in [2.05, 4.69) is 21.2 Å². The minimum absolute atomic E-state index is 0.0106. The van der Waals surface area contributed by atoms with Crippen LogP contribution in [0.25, 0.3) is 0 Å². The molecule has 1 aromatic carbocycles. The van der Waals surface area contributed by atoms with Crippen LogP contribution >= 0.6 is 0 Å². The van der Waals surface area contributed by atoms with Crippen LogP contribution in [-0.2, 0) is 14.3 Å². The second-order valence-electron chi connectivity index (χ2n) is 9.34. The number of hydrogen-bond acceptors (Lipinski definition) is 6. The lowest BCUT2D eigenvalue weighted by Gasteiger charge is -2.34. The van der Waals surface area contributed by atoms with E-state index in [1.54, 1.807) is 18.4 Å². The highest BCUT2D eigenvalue weighted by Gasteiger charge is 2.24. The molecule has 36 heavy (non-hydrogen) atoms. The van der Waals surface area contributed by atoms with Gasteiger partial charge in [-0.15, -0.1) is 0 Å². The zero-order chi connectivity index (χ0) is 25.2. The van der Waals surface area contributed by atoms with Gasteiger partial charge in [-0.1, -0.05) is 30.4 Å². The normalized spacial score (nSPS) is 18.6. The average molecular weight is 492 g/mol. The van der Waals surface area contributed by atoms with Crippen LogP contribution in [0.3, 0.4) is 0 Å². The van der Waals surface area contributed by atoms with Crippen LogP contribution in [0.15, 0.2) is 72.5 Å². The highest BCUT2D eigenvalue weighted by atomic mass is 16.5. The molecule has 0 saturated carbocycles. The number of likely N-dealkylation sites (tertiary alicyclic amines) is 1. The maximum absolute atomic E-state index is 12.8. The lowest BCUT2D eigenvalue weighted by atomic mass is 9.86. The summed E-state index contributed by atoms with van der Waals surface area (Å²) in [5, 5.41) is 3.05. The fourth-order valence-electron chi connectivity index (χ4n) is 4.85. The van der Waals surface area contributed by atoms with Crippen molar-refractivity contribution in [3.05, 3.63) is 83.6 Å². The summed E-state index contributed by atoms with van der Waals surface area (Å²) < 4.78 is 11.0. The Kier molecular flexibility index (Phi) is 9.53. The van der Waals surface area contributed by atoms with Crippen molar-refractivity contribution in [1.82, 2.24) is 15.1 Å². The van der Waals surface area contributed by atoms with Gasteiger partial charge >= 0.3 is 0 Å². The van der Waals surface area contributed by atoms with E-state index in [9.17, 15) is 9.59 Å². The molecule has 0 unspecified atom stereocenters. The van der Waals surface area contributed by atoms with Crippen molar-refractivity contribution in [2.45, 2.75) is 38.5 Å². The van der Waals surface area contributed by atoms with Crippen LogP contribution in [0, 0.1) is 0 Å². The summed E-state index contributed by atoms with van der Waals surface area (Å²) in [4.78, 5) is 29.2. The van der Waals surface area contributed by atoms with Crippen LogP contribution in [0.2, 0.25) is 0 Å². The average Bonchev–Trinajstić information content (AvgIpc) is 2.92. The van der Waals surface area contributed by atoms with Gasteiger partial charge in [-0.25, -0.2) is 0 Å². The number of carbonyl (C=O) groups excluding carboxylic acids is 2. The van der Waals surface area contributed by atoms with Crippen molar-refractivity contribution >= 4 is 11.7 Å². The van der Waals surface area contributed by atoms with E-state index in [-0.39, 0.29) is 11.7 Å². The van der Waals surface area contributed by atoms with Gasteiger partial charge in [-0.2, -0.15) is 0 Å². The second kappa shape index (κ2) is 13.2. The van der Waals surface area contributed by atoms with Gasteiger partial charge in [0.2, 0.25) is 0 Å². The Labute approximate surface area is 214 Å². The van der Waals surface area contributed by atoms with E-state index in [0.717, 1.165) is 67.9 Å². The molecule has 192 valence electrons. The molecule has 7 nitrogen and oxygen atoms in total. The fourth-order valence-corrected chi connectivity index (χ4v) is 4.85. The zero-order valence-electron chi connectivity index (χ0n) is 21.2. The van der Waals surface area contributed by atoms with Gasteiger partial charge in [-0.05, 0) is 62.9 Å². The van der Waals surface area contributed by atoms with Crippen molar-refractivity contribution in [2.24, 2.45) is 0 Å². The fraction of sp³-hybridized carbons (Fsp3) is 0.448. The largest absolute Gasteiger partial charge is 0.462 e. The monoisotopic (exact) mass is 491 g/mol. The maximum atomic E-state index is 12.8. The molecule has 0 bridgehead atoms. The maximum Gasteiger partial charge on any atom is 0.251 e. The first kappa shape index (κ1) is 25.9. The van der Waals surface area contributed by atoms with Crippen LogP contribution < -0.4 is 5.32 Å². The summed E-state index contributed by atoms with van der Waals surface area (Å²) in [6, 6.07) is 8.04. The van der Waals surface area contributed by atoms with E-state index < -0.39 is 0 Å². The predicted octanol–water partition coefficient (Wildman–Crippen LogP) is 4.12. The number of hydrogen-bond donors (Lipinski definition) is 1. The molecule has 1 amide bonds. The van der Waals surface area contributed by atoms with Crippen molar-refractivity contribution in [1.29, 1.82) is 0 Å². The van der Waals surface area contributed by atoms with Gasteiger partial charge in [0, 0.05) is 62.8 Å². The zero-order valence-corrected chi connectivity index (χ0v) is 21.2. The Bertz CT molecular complexity index is 1030. The minimum Gasteiger partial charge on any atom is -0.462 e. The third-order valence-electron chi connectivity index (χ3n) is 6.85. The first-order valence-corrected chi connectivity index (χ1v) is 13.0. The van der Waals surface area contributed by atoms with Crippen molar-refractivity contribution < 1.29 is 19.1 Å². The van der Waals surface area contributed by atoms with Gasteiger partial charge in [-0.3, -0.25) is 9.59 Å². The molecule has 3 aliphatic rings. The number of carbonyl (C=O) groups is 2. The van der Waals surface area contributed by atoms with Crippen molar-refractivity contribution in [2.75, 3.05) is 45.9 Å². The molecular formula is C29H37N3O4. The van der Waals surface area contributed by atoms with E-state index in [4.69, 9.17) is 9.47 Å². The van der Waals surface area contributed by atoms with Crippen molar-refractivity contribution in [3.8, 4) is 0 Å². The molecule has 4 rings (SSSR count). The SMILES string of the molecule is CCOCCCNC(=O)c1ccccc1C1CCN(CCN2C=COC(C3=CC=CC(=O)C3)=C2)CC1. The molecule has 1 aliphatic carbocycles. The number of ketones is 1. The third-order valence-corrected chi connectivity index (χ3v) is 6.85. The topological polar surface area (TPSA) is 71.1 Å². The highest BCUT2D eigenvalue weighted by molar-refractivity contribution is 5.96. The number of nitrogens with zero attached hydrogens (tertiary/aromatic N) is 2. The number of rotatable bonds is 11. The Balaban J connectivity index is 1.25. The molecule has 7 heteroatoms. The van der Waals surface area contributed by atoms with Gasteiger partial charge in [0.1, 0.15) is 12.0 Å². The molecule has 0 aromatic heterocycles. The van der Waals surface area contributed by atoms with Crippen LogP contribution in [0.5, 0.6) is 0 Å². The number of nitrogens with one attached hydrogen (secondary N) is 1. The summed E-state index contributed by atoms with van der Waals surface area (Å²) in [6.07, 6.45) is 14.2. The molecule has 2 aliphatic heterocycles. The quantitative estimate of drug-likeness (QED) is 0.470. The molecule has 1 aromatic rings. The molecule has 0 radical (unpaired) electrons. The number of benzene rings is 1. The number of ether oxygens (including phenoxy) is 2. The summed E-state index contributed by atoms with van der Waals surface area (Å²) in [5.74, 6) is 1.24. The van der Waals surface area contributed by atoms with E-state index >= 15 is 0 Å². The Morgan fingerprint density at radius 1 is 1.19 bits per heavy atom. The summed E-state index contributed by atoms with van der Waals surface area (Å²) in [5.41, 5.74) is 2.87. The summed E-state index contributed by atoms with van der Waals surface area (Å²) >= 11 is 0. The molecule has 2 heterocycles. The highest BCUT2D eigenvalue weighted by Crippen LogP contribution is 2.30. The minimum atomic E-state index is 0.0106. The Morgan fingerprint density at radius 3 is 2.83 bits per heavy atom. The van der Waals surface area contributed by atoms with Gasteiger partial charge in [0.15, 0.2) is 5.78 Å². The molecule has 1 N–H and O–H groups in total. The molecule has 1 saturated heterocycles. The molecule has 1 fully saturated rings. The van der Waals surface area contributed by atoms with Crippen LogP contribution in [0.1, 0.15) is 54.4 Å². The third kappa shape index (κ3) is 7.18. The Hall–Kier alpha value is -3.16. The standard InChI is InChI=1S/C29H37N3O4/c1-2-35-19-6-13-30-29(34)27-10-4-3-9-26(27)23-11-14-31(15-12-23)16-17-32-18-20-36-28(22-32)24-7-5-8-25(33)21-24/h3-5,7-10,18,20,22-23H,2,6,11-17,19,21H2,1H3,(H,30,34). The Morgan fingerprint density at radius 2 is 2.03 bits per heavy atom. The number of allylic oxidation sites excluding steroid dienone is 4. The first-order chi connectivity index (χ1) is 17.6. The van der Waals surface area contributed by atoms with Gasteiger partial charge < -0.3 is 24.6 Å². The molecular weight excluding hydrogens is 454 g/mol. The van der Waals surface area contributed by atoms with Gasteiger partial charge in [0.05, 0.1) is 0 Å². The summed E-state index contributed by atoms with van der Waals surface area (Å²) in [6.45, 7) is 7.78. The molecule has 0 atom stereocenters.